The fourth-order valence-corrected chi connectivity index (χ4v) is 2.37. The molecule has 0 aliphatic rings. The molecule has 0 atom stereocenters. The van der Waals surface area contributed by atoms with Crippen molar-refractivity contribution in [3.63, 3.8) is 0 Å². The Labute approximate surface area is 202 Å². The van der Waals surface area contributed by atoms with E-state index in [4.69, 9.17) is 4.42 Å². The van der Waals surface area contributed by atoms with Gasteiger partial charge >= 0.3 is 5.63 Å². The Hall–Kier alpha value is 0.0631. The van der Waals surface area contributed by atoms with Crippen LogP contribution in [0.1, 0.15) is 5.56 Å². The van der Waals surface area contributed by atoms with E-state index in [0.717, 1.165) is 12.1 Å². The zero-order chi connectivity index (χ0) is 15.1. The minimum atomic E-state index is -0.674. The summed E-state index contributed by atoms with van der Waals surface area (Å²) < 4.78 is 18.3. The molecule has 0 amide bonds. The van der Waals surface area contributed by atoms with Crippen molar-refractivity contribution in [2.45, 2.75) is 6.92 Å². The first-order valence-electron chi connectivity index (χ1n) is 6.22. The van der Waals surface area contributed by atoms with Crippen molar-refractivity contribution in [1.29, 1.82) is 0 Å². The molecule has 3 aromatic rings. The molecule has 1 heterocycles. The number of hydrogen-bond acceptors (Lipinski definition) is 4. The molecule has 7 heteroatoms. The van der Waals surface area contributed by atoms with Crippen molar-refractivity contribution < 1.29 is 107 Å². The molecule has 0 fully saturated rings. The molecule has 0 unspecified atom stereocenters. The Morgan fingerprint density at radius 3 is 2.39 bits per heavy atom. The molecule has 2 aromatic carbocycles. The van der Waals surface area contributed by atoms with Crippen LogP contribution in [-0.4, -0.2) is 10.2 Å². The average Bonchev–Trinajstić information content (AvgIpc) is 2.40. The molecule has 0 saturated carbocycles. The van der Waals surface area contributed by atoms with Crippen LogP contribution in [0, 0.1) is 101 Å². The predicted octanol–water partition coefficient (Wildman–Crippen LogP) is 3.32. The second kappa shape index (κ2) is 8.44. The molecule has 0 saturated heterocycles. The minimum absolute atomic E-state index is 0. The van der Waals surface area contributed by atoms with Gasteiger partial charge in [0.15, 0.2) is 0 Å². The normalized spacial score (nSPS) is 10.0. The van der Waals surface area contributed by atoms with Gasteiger partial charge in [0.2, 0.25) is 0 Å². The van der Waals surface area contributed by atoms with Crippen molar-refractivity contribution in [2.24, 2.45) is 0 Å². The molecule has 3 rings (SSSR count). The molecule has 0 bridgehead atoms. The van der Waals surface area contributed by atoms with Crippen LogP contribution in [0.15, 0.2) is 45.6 Å². The summed E-state index contributed by atoms with van der Waals surface area (Å²) in [6.45, 7) is 1.69. The molecule has 23 heavy (non-hydrogen) atoms. The molecule has 1 aromatic heterocycles. The second-order valence-electron chi connectivity index (χ2n) is 4.73. The van der Waals surface area contributed by atoms with Crippen molar-refractivity contribution in [3.05, 3.63) is 58.2 Å². The molecule has 112 valence electrons. The van der Waals surface area contributed by atoms with E-state index in [1.54, 1.807) is 6.92 Å². The SMILES string of the molecule is Cc1c(-c2ccc(O)cc2O)c(=O)oc2cc(F)ccc12.[Ac].[Ac]. The summed E-state index contributed by atoms with van der Waals surface area (Å²) in [5.41, 5.74) is 0.491. The monoisotopic (exact) mass is 740 g/mol. The fourth-order valence-electron chi connectivity index (χ4n) is 2.37. The number of halogens is 1. The van der Waals surface area contributed by atoms with Crippen molar-refractivity contribution in [2.75, 3.05) is 0 Å². The third-order valence-electron chi connectivity index (χ3n) is 3.38. The van der Waals surface area contributed by atoms with Gasteiger partial charge in [-0.3, -0.25) is 0 Å². The first-order chi connectivity index (χ1) is 9.97. The van der Waals surface area contributed by atoms with Crippen molar-refractivity contribution >= 4 is 11.0 Å². The van der Waals surface area contributed by atoms with Crippen LogP contribution in [-0.2, 0) is 0 Å². The number of aromatic hydroxyl groups is 2. The maximum Gasteiger partial charge on any atom is 0.344 e. The molecule has 2 radical (unpaired) electrons. The van der Waals surface area contributed by atoms with Gasteiger partial charge in [-0.25, -0.2) is 9.18 Å². The quantitative estimate of drug-likeness (QED) is 0.377. The fraction of sp³-hybridized carbons (Fsp3) is 0.0625. The summed E-state index contributed by atoms with van der Waals surface area (Å²) in [5.74, 6) is -0.835. The number of phenols is 2. The summed E-state index contributed by atoms with van der Waals surface area (Å²) in [6, 6.07) is 7.87. The van der Waals surface area contributed by atoms with Crippen LogP contribution in [0.4, 0.5) is 4.39 Å². The van der Waals surface area contributed by atoms with Gasteiger partial charge < -0.3 is 14.6 Å². The third-order valence-corrected chi connectivity index (χ3v) is 3.38. The third kappa shape index (κ3) is 4.19. The largest absolute Gasteiger partial charge is 0.508 e. The topological polar surface area (TPSA) is 70.7 Å². The maximum absolute atomic E-state index is 13.2. The van der Waals surface area contributed by atoms with Crippen LogP contribution in [0.5, 0.6) is 11.5 Å². The van der Waals surface area contributed by atoms with Gasteiger partial charge in [0.05, 0.1) is 5.56 Å². The summed E-state index contributed by atoms with van der Waals surface area (Å²) in [5, 5.41) is 19.8. The summed E-state index contributed by atoms with van der Waals surface area (Å²) in [6.07, 6.45) is 0. The van der Waals surface area contributed by atoms with Crippen molar-refractivity contribution in [3.8, 4) is 22.6 Å². The summed E-state index contributed by atoms with van der Waals surface area (Å²) in [4.78, 5) is 12.1. The molecule has 0 aliphatic carbocycles. The van der Waals surface area contributed by atoms with Gasteiger partial charge in [-0.05, 0) is 36.8 Å². The Kier molecular flexibility index (Phi) is 7.74. The summed E-state index contributed by atoms with van der Waals surface area (Å²) in [7, 11) is 0. The van der Waals surface area contributed by atoms with E-state index in [9.17, 15) is 19.4 Å². The van der Waals surface area contributed by atoms with Crippen molar-refractivity contribution in [1.82, 2.24) is 0 Å². The number of benzene rings is 2. The van der Waals surface area contributed by atoms with Gasteiger partial charge in [-0.15, -0.1) is 0 Å². The molecule has 4 nitrogen and oxygen atoms in total. The number of phenolic OH excluding ortho intramolecular Hbond substituents is 2. The van der Waals surface area contributed by atoms with E-state index in [0.29, 0.717) is 10.9 Å². The first-order valence-corrected chi connectivity index (χ1v) is 6.22. The second-order valence-corrected chi connectivity index (χ2v) is 4.73. The molecule has 0 spiro atoms. The Morgan fingerprint density at radius 1 is 1.04 bits per heavy atom. The number of aryl methyl sites for hydroxylation is 1. The Morgan fingerprint density at radius 2 is 1.74 bits per heavy atom. The number of hydrogen-bond donors (Lipinski definition) is 2. The van der Waals surface area contributed by atoms with E-state index in [1.165, 1.54) is 24.3 Å². The van der Waals surface area contributed by atoms with Crippen LogP contribution >= 0.6 is 0 Å². The van der Waals surface area contributed by atoms with Gasteiger partial charge in [0.1, 0.15) is 22.9 Å². The Bertz CT molecular complexity index is 922. The van der Waals surface area contributed by atoms with Crippen LogP contribution < -0.4 is 5.63 Å². The average molecular weight is 740 g/mol. The van der Waals surface area contributed by atoms with Gasteiger partial charge in [-0.1, -0.05) is 0 Å². The standard InChI is InChI=1S/C16H11FO4.2Ac/c1-8-11-4-2-9(17)6-14(11)21-16(20)15(8)12-5-3-10(18)7-13(12)19;;/h2-7,18-19H,1H3;;. The smallest absolute Gasteiger partial charge is 0.344 e. The molecule has 2 N–H and O–H groups in total. The zero-order valence-corrected chi connectivity index (χ0v) is 21.7. The summed E-state index contributed by atoms with van der Waals surface area (Å²) >= 11 is 0. The van der Waals surface area contributed by atoms with E-state index in [-0.39, 0.29) is 116 Å². The Balaban J connectivity index is 0.00000132. The van der Waals surface area contributed by atoms with Crippen LogP contribution in [0.25, 0.3) is 22.1 Å². The van der Waals surface area contributed by atoms with Gasteiger partial charge in [0.25, 0.3) is 0 Å². The zero-order valence-electron chi connectivity index (χ0n) is 12.2. The molecule has 0 aliphatic heterocycles. The van der Waals surface area contributed by atoms with Crippen LogP contribution in [0.3, 0.4) is 0 Å². The minimum Gasteiger partial charge on any atom is -0.508 e. The predicted molar refractivity (Wildman–Crippen MR) is 75.9 cm³/mol. The number of rotatable bonds is 1. The van der Waals surface area contributed by atoms with Crippen LogP contribution in [0.2, 0.25) is 0 Å². The molecular formula is C16H11Ac2FO4. The maximum atomic E-state index is 13.2. The van der Waals surface area contributed by atoms with E-state index < -0.39 is 11.4 Å². The first kappa shape index (κ1) is 21.1. The van der Waals surface area contributed by atoms with E-state index in [1.807, 2.05) is 0 Å². The molecular weight excluding hydrogens is 729 g/mol. The van der Waals surface area contributed by atoms with E-state index >= 15 is 0 Å². The van der Waals surface area contributed by atoms with E-state index in [2.05, 4.69) is 0 Å². The van der Waals surface area contributed by atoms with Gasteiger partial charge in [-0.2, -0.15) is 0 Å². The number of fused-ring (bicyclic) bond motifs is 1. The van der Waals surface area contributed by atoms with Gasteiger partial charge in [0, 0.05) is 111 Å².